The van der Waals surface area contributed by atoms with Crippen LogP contribution in [0.15, 0.2) is 60.7 Å². The number of nitrogens with zero attached hydrogens (tertiary/aromatic N) is 1. The Morgan fingerprint density at radius 1 is 1.00 bits per heavy atom. The van der Waals surface area contributed by atoms with E-state index in [0.29, 0.717) is 0 Å². The van der Waals surface area contributed by atoms with Crippen molar-refractivity contribution in [3.05, 3.63) is 76.3 Å². The highest BCUT2D eigenvalue weighted by atomic mass is 16.8. The molecule has 20 heavy (non-hydrogen) atoms. The highest BCUT2D eigenvalue weighted by Gasteiger charge is 2.28. The zero-order valence-electron chi connectivity index (χ0n) is 10.3. The molecule has 1 atom stereocenters. The summed E-state index contributed by atoms with van der Waals surface area (Å²) < 4.78 is 9.59. The van der Waals surface area contributed by atoms with E-state index < -0.39 is 17.3 Å². The van der Waals surface area contributed by atoms with Gasteiger partial charge in [-0.1, -0.05) is 36.4 Å². The van der Waals surface area contributed by atoms with Gasteiger partial charge in [0.25, 0.3) is 0 Å². The van der Waals surface area contributed by atoms with E-state index >= 15 is 0 Å². The summed E-state index contributed by atoms with van der Waals surface area (Å²) in [5, 5.41) is 11.0. The number of rotatable bonds is 4. The molecule has 2 rings (SSSR count). The zero-order valence-corrected chi connectivity index (χ0v) is 10.3. The molecule has 0 aliphatic heterocycles. The second-order valence-corrected chi connectivity index (χ2v) is 3.83. The third kappa shape index (κ3) is 3.55. The van der Waals surface area contributed by atoms with E-state index in [9.17, 15) is 14.9 Å². The van der Waals surface area contributed by atoms with Crippen molar-refractivity contribution < 1.29 is 19.2 Å². The number of hydrogen-bond acceptors (Lipinski definition) is 5. The van der Waals surface area contributed by atoms with Crippen molar-refractivity contribution in [2.24, 2.45) is 0 Å². The second kappa shape index (κ2) is 6.33. The molecule has 6 heteroatoms. The molecular formula is C14H11NO5. The predicted molar refractivity (Wildman–Crippen MR) is 69.7 cm³/mol. The largest absolute Gasteiger partial charge is 0.519 e. The Balaban J connectivity index is 2.06. The maximum absolute atomic E-state index is 11.6. The van der Waals surface area contributed by atoms with Crippen molar-refractivity contribution in [1.29, 1.82) is 0 Å². The fourth-order valence-corrected chi connectivity index (χ4v) is 1.55. The second-order valence-electron chi connectivity index (χ2n) is 3.83. The van der Waals surface area contributed by atoms with Crippen LogP contribution in [-0.2, 0) is 4.74 Å². The van der Waals surface area contributed by atoms with Gasteiger partial charge in [-0.25, -0.2) is 4.79 Å². The van der Waals surface area contributed by atoms with Gasteiger partial charge in [-0.05, 0) is 24.3 Å². The normalized spacial score (nSPS) is 11.4. The summed E-state index contributed by atoms with van der Waals surface area (Å²) >= 11 is 0. The predicted octanol–water partition coefficient (Wildman–Crippen LogP) is 3.18. The van der Waals surface area contributed by atoms with E-state index in [4.69, 9.17) is 9.47 Å². The minimum absolute atomic E-state index is 0.257. The first-order chi connectivity index (χ1) is 9.66. The van der Waals surface area contributed by atoms with Gasteiger partial charge >= 0.3 is 12.4 Å². The van der Waals surface area contributed by atoms with Crippen molar-refractivity contribution in [2.45, 2.75) is 6.23 Å². The molecule has 0 aromatic heterocycles. The van der Waals surface area contributed by atoms with E-state index in [1.165, 1.54) is 12.1 Å². The Labute approximate surface area is 114 Å². The van der Waals surface area contributed by atoms with Gasteiger partial charge in [0, 0.05) is 0 Å². The summed E-state index contributed by atoms with van der Waals surface area (Å²) in [7, 11) is 0. The Morgan fingerprint density at radius 2 is 1.55 bits per heavy atom. The lowest BCUT2D eigenvalue weighted by Crippen LogP contribution is -2.21. The molecule has 0 saturated carbocycles. The summed E-state index contributed by atoms with van der Waals surface area (Å²) in [5.74, 6) is 0.257. The molecule has 0 aliphatic carbocycles. The molecular weight excluding hydrogens is 262 g/mol. The molecule has 0 N–H and O–H groups in total. The molecule has 6 nitrogen and oxygen atoms in total. The van der Waals surface area contributed by atoms with Crippen molar-refractivity contribution in [1.82, 2.24) is 0 Å². The highest BCUT2D eigenvalue weighted by Crippen LogP contribution is 2.19. The van der Waals surface area contributed by atoms with Crippen molar-refractivity contribution in [3.63, 3.8) is 0 Å². The van der Waals surface area contributed by atoms with Crippen LogP contribution in [0.5, 0.6) is 5.75 Å². The Bertz CT molecular complexity index is 585. The van der Waals surface area contributed by atoms with Crippen molar-refractivity contribution in [3.8, 4) is 5.75 Å². The lowest BCUT2D eigenvalue weighted by Gasteiger charge is -2.10. The molecule has 0 heterocycles. The summed E-state index contributed by atoms with van der Waals surface area (Å²) in [6, 6.07) is 16.2. The average Bonchev–Trinajstić information content (AvgIpc) is 2.46. The molecule has 0 amide bonds. The summed E-state index contributed by atoms with van der Waals surface area (Å²) in [6.07, 6.45) is -2.71. The van der Waals surface area contributed by atoms with Crippen LogP contribution < -0.4 is 4.74 Å². The number of benzene rings is 2. The van der Waals surface area contributed by atoms with Crippen LogP contribution in [0.3, 0.4) is 0 Å². The van der Waals surface area contributed by atoms with Gasteiger partial charge < -0.3 is 9.47 Å². The first kappa shape index (κ1) is 13.5. The fourth-order valence-electron chi connectivity index (χ4n) is 1.55. The monoisotopic (exact) mass is 273 g/mol. The van der Waals surface area contributed by atoms with Gasteiger partial charge in [0.1, 0.15) is 5.75 Å². The van der Waals surface area contributed by atoms with E-state index in [-0.39, 0.29) is 11.3 Å². The minimum atomic E-state index is -1.59. The smallest absolute Gasteiger partial charge is 0.395 e. The quantitative estimate of drug-likeness (QED) is 0.281. The Kier molecular flexibility index (Phi) is 4.28. The van der Waals surface area contributed by atoms with Crippen LogP contribution in [0.2, 0.25) is 0 Å². The van der Waals surface area contributed by atoms with Crippen LogP contribution >= 0.6 is 0 Å². The summed E-state index contributed by atoms with van der Waals surface area (Å²) in [6.45, 7) is 0. The zero-order chi connectivity index (χ0) is 14.4. The SMILES string of the molecule is O=C(Oc1ccccc1)OC(c1ccccc1)[N+](=O)[O-]. The van der Waals surface area contributed by atoms with E-state index in [1.54, 1.807) is 48.5 Å². The van der Waals surface area contributed by atoms with Crippen molar-refractivity contribution in [2.75, 3.05) is 0 Å². The molecule has 0 spiro atoms. The molecule has 0 aliphatic rings. The third-order valence-corrected chi connectivity index (χ3v) is 2.43. The first-order valence-corrected chi connectivity index (χ1v) is 5.79. The maximum atomic E-state index is 11.6. The summed E-state index contributed by atoms with van der Waals surface area (Å²) in [5.41, 5.74) is 0.266. The Hall–Kier alpha value is -2.89. The lowest BCUT2D eigenvalue weighted by atomic mass is 10.2. The van der Waals surface area contributed by atoms with Crippen LogP contribution in [0, 0.1) is 10.1 Å². The minimum Gasteiger partial charge on any atom is -0.395 e. The third-order valence-electron chi connectivity index (χ3n) is 2.43. The average molecular weight is 273 g/mol. The first-order valence-electron chi connectivity index (χ1n) is 5.79. The number of para-hydroxylation sites is 1. The molecule has 102 valence electrons. The fraction of sp³-hybridized carbons (Fsp3) is 0.0714. The number of nitro groups is 1. The number of carbonyl (C=O) groups excluding carboxylic acids is 1. The highest BCUT2D eigenvalue weighted by molar-refractivity contribution is 5.64. The van der Waals surface area contributed by atoms with Gasteiger partial charge in [-0.2, -0.15) is 0 Å². The van der Waals surface area contributed by atoms with Crippen LogP contribution in [0.25, 0.3) is 0 Å². The molecule has 2 aromatic carbocycles. The molecule has 0 saturated heterocycles. The summed E-state index contributed by atoms with van der Waals surface area (Å²) in [4.78, 5) is 21.8. The number of hydrogen-bond donors (Lipinski definition) is 0. The molecule has 0 fully saturated rings. The van der Waals surface area contributed by atoms with Crippen LogP contribution in [0.4, 0.5) is 4.79 Å². The maximum Gasteiger partial charge on any atom is 0.519 e. The van der Waals surface area contributed by atoms with Crippen LogP contribution in [0.1, 0.15) is 11.8 Å². The topological polar surface area (TPSA) is 78.7 Å². The van der Waals surface area contributed by atoms with Gasteiger partial charge in [0.05, 0.1) is 10.5 Å². The molecule has 0 radical (unpaired) electrons. The van der Waals surface area contributed by atoms with E-state index in [1.807, 2.05) is 0 Å². The molecule has 0 bridgehead atoms. The van der Waals surface area contributed by atoms with E-state index in [2.05, 4.69) is 0 Å². The van der Waals surface area contributed by atoms with Gasteiger partial charge in [-0.15, -0.1) is 0 Å². The van der Waals surface area contributed by atoms with E-state index in [0.717, 1.165) is 0 Å². The lowest BCUT2D eigenvalue weighted by molar-refractivity contribution is -0.575. The Morgan fingerprint density at radius 3 is 2.10 bits per heavy atom. The number of ether oxygens (including phenoxy) is 2. The molecule has 1 unspecified atom stereocenters. The van der Waals surface area contributed by atoms with Gasteiger partial charge in [0.15, 0.2) is 0 Å². The van der Waals surface area contributed by atoms with Gasteiger partial charge in [0.2, 0.25) is 0 Å². The standard InChI is InChI=1S/C14H11NO5/c16-14(19-12-9-5-2-6-10-12)20-13(15(17)18)11-7-3-1-4-8-11/h1-10,13H. The van der Waals surface area contributed by atoms with Crippen molar-refractivity contribution >= 4 is 6.16 Å². The van der Waals surface area contributed by atoms with Gasteiger partial charge in [-0.3, -0.25) is 10.1 Å². The number of carbonyl (C=O) groups is 1. The van der Waals surface area contributed by atoms with Crippen LogP contribution in [-0.4, -0.2) is 11.1 Å². The molecule has 2 aromatic rings.